The van der Waals surface area contributed by atoms with Crippen LogP contribution >= 0.6 is 0 Å². The fourth-order valence-electron chi connectivity index (χ4n) is 3.96. The van der Waals surface area contributed by atoms with Gasteiger partial charge in [-0.1, -0.05) is 30.0 Å². The first-order valence-corrected chi connectivity index (χ1v) is 9.33. The number of quaternary nitrogens is 1. The van der Waals surface area contributed by atoms with Gasteiger partial charge in [0, 0.05) is 24.0 Å². The molecular weight excluding hydrogens is 342 g/mol. The molecule has 0 spiro atoms. The van der Waals surface area contributed by atoms with Gasteiger partial charge in [0.15, 0.2) is 5.76 Å². The lowest BCUT2D eigenvalue weighted by molar-refractivity contribution is -0.901. The highest BCUT2D eigenvalue weighted by molar-refractivity contribution is 6.16. The summed E-state index contributed by atoms with van der Waals surface area (Å²) >= 11 is 0. The highest BCUT2D eigenvalue weighted by Gasteiger charge is 2.33. The Hall–Kier alpha value is -2.79. The van der Waals surface area contributed by atoms with Crippen LogP contribution in [0.25, 0.3) is 6.08 Å². The summed E-state index contributed by atoms with van der Waals surface area (Å²) in [5, 5.41) is 12.6. The average Bonchev–Trinajstić information content (AvgIpc) is 3.28. The number of methoxy groups -OCH3 is 1. The lowest BCUT2D eigenvalue weighted by Crippen LogP contribution is -3.08. The van der Waals surface area contributed by atoms with Crippen LogP contribution in [0.5, 0.6) is 17.2 Å². The Kier molecular flexibility index (Phi) is 4.62. The van der Waals surface area contributed by atoms with Crippen LogP contribution in [0.2, 0.25) is 0 Å². The number of benzene rings is 2. The van der Waals surface area contributed by atoms with Gasteiger partial charge in [-0.15, -0.1) is 0 Å². The van der Waals surface area contributed by atoms with Crippen molar-refractivity contribution in [2.45, 2.75) is 26.3 Å². The number of likely N-dealkylation sites (tertiary alicyclic amines) is 1. The standard InChI is InChI=1S/C22H23NO4/c1-14-11-17(24)16(13-23-9-5-6-10-23)22-20(14)21(25)19(27-22)12-15-7-3-4-8-18(15)26-2/h3-4,7-8,11-12,24H,5-6,9-10,13H2,1-2H3/b19-12-. The molecule has 0 amide bonds. The zero-order chi connectivity index (χ0) is 19.0. The molecule has 2 aromatic rings. The molecule has 2 aliphatic heterocycles. The number of ketones is 1. The van der Waals surface area contributed by atoms with Crippen LogP contribution in [-0.2, 0) is 6.54 Å². The Morgan fingerprint density at radius 1 is 1.26 bits per heavy atom. The SMILES string of the molecule is COc1ccccc1/C=C1\Oc2c(C[NH+]3CCCC3)c([O-])cc(C)c2C1=O. The molecular formula is C22H23NO4. The van der Waals surface area contributed by atoms with Gasteiger partial charge in [-0.25, -0.2) is 0 Å². The molecule has 27 heavy (non-hydrogen) atoms. The first-order valence-electron chi connectivity index (χ1n) is 9.33. The van der Waals surface area contributed by atoms with Gasteiger partial charge < -0.3 is 19.5 Å². The fourth-order valence-corrected chi connectivity index (χ4v) is 3.96. The van der Waals surface area contributed by atoms with Gasteiger partial charge in [0.05, 0.1) is 25.8 Å². The average molecular weight is 365 g/mol. The fraction of sp³-hybridized carbons (Fsp3) is 0.318. The molecule has 0 unspecified atom stereocenters. The van der Waals surface area contributed by atoms with Crippen molar-refractivity contribution in [2.75, 3.05) is 20.2 Å². The molecule has 0 aromatic heterocycles. The van der Waals surface area contributed by atoms with Crippen molar-refractivity contribution in [2.24, 2.45) is 0 Å². The summed E-state index contributed by atoms with van der Waals surface area (Å²) in [5.74, 6) is 1.13. The molecule has 2 heterocycles. The minimum atomic E-state index is -0.175. The van der Waals surface area contributed by atoms with E-state index >= 15 is 0 Å². The van der Waals surface area contributed by atoms with Crippen molar-refractivity contribution < 1.29 is 24.3 Å². The highest BCUT2D eigenvalue weighted by atomic mass is 16.5. The van der Waals surface area contributed by atoms with E-state index < -0.39 is 0 Å². The van der Waals surface area contributed by atoms with Crippen molar-refractivity contribution in [3.8, 4) is 17.2 Å². The summed E-state index contributed by atoms with van der Waals surface area (Å²) in [6, 6.07) is 9.02. The lowest BCUT2D eigenvalue weighted by atomic mass is 9.99. The summed E-state index contributed by atoms with van der Waals surface area (Å²) in [6.45, 7) is 4.51. The molecule has 0 aliphatic carbocycles. The van der Waals surface area contributed by atoms with Crippen LogP contribution in [-0.4, -0.2) is 26.0 Å². The second-order valence-electron chi connectivity index (χ2n) is 7.19. The Balaban J connectivity index is 1.74. The number of Topliss-reactive ketones (excluding diaryl/α,β-unsaturated/α-hetero) is 1. The number of ether oxygens (including phenoxy) is 2. The first kappa shape index (κ1) is 17.6. The van der Waals surface area contributed by atoms with E-state index in [1.807, 2.05) is 24.3 Å². The van der Waals surface area contributed by atoms with E-state index in [4.69, 9.17) is 9.47 Å². The predicted molar refractivity (Wildman–Crippen MR) is 100 cm³/mol. The number of para-hydroxylation sites is 1. The third-order valence-corrected chi connectivity index (χ3v) is 5.37. The quantitative estimate of drug-likeness (QED) is 0.841. The van der Waals surface area contributed by atoms with Crippen LogP contribution in [0.3, 0.4) is 0 Å². The molecule has 4 rings (SSSR count). The van der Waals surface area contributed by atoms with E-state index in [0.717, 1.165) is 18.7 Å². The predicted octanol–water partition coefficient (Wildman–Crippen LogP) is 1.87. The van der Waals surface area contributed by atoms with Gasteiger partial charge in [0.1, 0.15) is 18.0 Å². The maximum absolute atomic E-state index is 13.0. The molecule has 5 heteroatoms. The number of carbonyl (C=O) groups is 1. The number of carbonyl (C=O) groups excluding carboxylic acids is 1. The summed E-state index contributed by atoms with van der Waals surface area (Å²) in [5.41, 5.74) is 2.57. The van der Waals surface area contributed by atoms with E-state index in [-0.39, 0.29) is 17.3 Å². The molecule has 0 atom stereocenters. The van der Waals surface area contributed by atoms with Gasteiger partial charge in [0.25, 0.3) is 0 Å². The number of nitrogens with one attached hydrogen (secondary N) is 1. The van der Waals surface area contributed by atoms with Crippen LogP contribution in [0.4, 0.5) is 0 Å². The molecule has 5 nitrogen and oxygen atoms in total. The van der Waals surface area contributed by atoms with Crippen molar-refractivity contribution >= 4 is 11.9 Å². The van der Waals surface area contributed by atoms with Gasteiger partial charge in [-0.05, 0) is 24.6 Å². The maximum Gasteiger partial charge on any atom is 0.232 e. The Labute approximate surface area is 158 Å². The minimum Gasteiger partial charge on any atom is -0.872 e. The summed E-state index contributed by atoms with van der Waals surface area (Å²) in [6.07, 6.45) is 4.05. The number of hydrogen-bond acceptors (Lipinski definition) is 4. The smallest absolute Gasteiger partial charge is 0.232 e. The second-order valence-corrected chi connectivity index (χ2v) is 7.19. The number of aryl methyl sites for hydroxylation is 1. The molecule has 2 aliphatic rings. The topological polar surface area (TPSA) is 63.0 Å². The Morgan fingerprint density at radius 2 is 2.00 bits per heavy atom. The molecule has 0 bridgehead atoms. The molecule has 0 radical (unpaired) electrons. The second kappa shape index (κ2) is 7.08. The van der Waals surface area contributed by atoms with Crippen molar-refractivity contribution in [3.05, 3.63) is 58.3 Å². The van der Waals surface area contributed by atoms with Crippen LogP contribution in [0.15, 0.2) is 36.1 Å². The third-order valence-electron chi connectivity index (χ3n) is 5.37. The van der Waals surface area contributed by atoms with E-state index in [1.54, 1.807) is 26.2 Å². The van der Waals surface area contributed by atoms with Crippen LogP contribution in [0.1, 0.15) is 39.9 Å². The molecule has 0 saturated carbocycles. The number of hydrogen-bond donors (Lipinski definition) is 1. The monoisotopic (exact) mass is 365 g/mol. The number of allylic oxidation sites excluding steroid dienone is 1. The Bertz CT molecular complexity index is 926. The molecule has 1 fully saturated rings. The number of fused-ring (bicyclic) bond motifs is 1. The molecule has 1 N–H and O–H groups in total. The highest BCUT2D eigenvalue weighted by Crippen LogP contribution is 2.41. The first-order chi connectivity index (χ1) is 13.1. The molecule has 2 aromatic carbocycles. The van der Waals surface area contributed by atoms with Gasteiger partial charge >= 0.3 is 0 Å². The normalized spacial score (nSPS) is 18.0. The van der Waals surface area contributed by atoms with E-state index in [2.05, 4.69) is 0 Å². The Morgan fingerprint density at radius 3 is 2.74 bits per heavy atom. The van der Waals surface area contributed by atoms with Gasteiger partial charge in [0.2, 0.25) is 5.78 Å². The summed E-state index contributed by atoms with van der Waals surface area (Å²) < 4.78 is 11.3. The largest absolute Gasteiger partial charge is 0.872 e. The molecule has 140 valence electrons. The van der Waals surface area contributed by atoms with Crippen molar-refractivity contribution in [3.63, 3.8) is 0 Å². The van der Waals surface area contributed by atoms with E-state index in [0.29, 0.717) is 34.7 Å². The van der Waals surface area contributed by atoms with Crippen LogP contribution in [0, 0.1) is 6.92 Å². The third kappa shape index (κ3) is 3.19. The van der Waals surface area contributed by atoms with Crippen molar-refractivity contribution in [1.82, 2.24) is 0 Å². The van der Waals surface area contributed by atoms with Crippen LogP contribution < -0.4 is 19.5 Å². The lowest BCUT2D eigenvalue weighted by Gasteiger charge is -2.20. The zero-order valence-corrected chi connectivity index (χ0v) is 15.6. The summed E-state index contributed by atoms with van der Waals surface area (Å²) in [4.78, 5) is 14.4. The number of rotatable bonds is 4. The molecule has 1 saturated heterocycles. The van der Waals surface area contributed by atoms with Crippen molar-refractivity contribution in [1.29, 1.82) is 0 Å². The van der Waals surface area contributed by atoms with E-state index in [9.17, 15) is 9.90 Å². The van der Waals surface area contributed by atoms with E-state index in [1.165, 1.54) is 17.7 Å². The summed E-state index contributed by atoms with van der Waals surface area (Å²) in [7, 11) is 1.59. The van der Waals surface area contributed by atoms with Gasteiger partial charge in [-0.3, -0.25) is 4.79 Å². The minimum absolute atomic E-state index is 0.0445. The zero-order valence-electron chi connectivity index (χ0n) is 15.6. The maximum atomic E-state index is 13.0. The van der Waals surface area contributed by atoms with Gasteiger partial charge in [-0.2, -0.15) is 0 Å².